The van der Waals surface area contributed by atoms with Crippen LogP contribution in [0, 0.1) is 11.6 Å². The maximum absolute atomic E-state index is 14.9. The topological polar surface area (TPSA) is 94.7 Å². The summed E-state index contributed by atoms with van der Waals surface area (Å²) in [7, 11) is 0.658. The molecule has 1 N–H and O–H groups in total. The molecule has 1 atom stereocenters. The summed E-state index contributed by atoms with van der Waals surface area (Å²) in [6.45, 7) is 0.711. The second-order valence-corrected chi connectivity index (χ2v) is 9.94. The third-order valence-electron chi connectivity index (χ3n) is 5.19. The van der Waals surface area contributed by atoms with E-state index in [-0.39, 0.29) is 55.8 Å². The molecule has 2 fully saturated rings. The Hall–Kier alpha value is -2.29. The van der Waals surface area contributed by atoms with Crippen LogP contribution in [-0.4, -0.2) is 94.9 Å². The van der Waals surface area contributed by atoms with Gasteiger partial charge in [0.25, 0.3) is 15.4 Å². The zero-order chi connectivity index (χ0) is 23.6. The van der Waals surface area contributed by atoms with E-state index in [0.717, 1.165) is 21.3 Å². The molecule has 2 saturated heterocycles. The average molecular weight is 494 g/mol. The van der Waals surface area contributed by atoms with E-state index >= 15 is 0 Å². The summed E-state index contributed by atoms with van der Waals surface area (Å²) >= 11 is 4.86. The number of nitrogens with one attached hydrogen (secondary N) is 1. The molecule has 2 aliphatic heterocycles. The van der Waals surface area contributed by atoms with Crippen LogP contribution in [0.4, 0.5) is 25.0 Å². The van der Waals surface area contributed by atoms with Gasteiger partial charge in [-0.05, 0) is 12.2 Å². The van der Waals surface area contributed by atoms with Crippen molar-refractivity contribution in [2.45, 2.75) is 6.10 Å². The van der Waals surface area contributed by atoms with E-state index in [1.807, 2.05) is 0 Å². The molecule has 1 amide bonds. The molecule has 10 nitrogen and oxygen atoms in total. The van der Waals surface area contributed by atoms with Gasteiger partial charge in [0.2, 0.25) is 0 Å². The molecule has 1 unspecified atom stereocenters. The van der Waals surface area contributed by atoms with Gasteiger partial charge in [-0.2, -0.15) is 17.0 Å². The number of halogens is 2. The quantitative estimate of drug-likeness (QED) is 0.580. The van der Waals surface area contributed by atoms with Crippen LogP contribution in [0.3, 0.4) is 0 Å². The second kappa shape index (κ2) is 9.68. The van der Waals surface area contributed by atoms with Crippen molar-refractivity contribution in [3.05, 3.63) is 23.8 Å². The lowest BCUT2D eigenvalue weighted by molar-refractivity contribution is 0.142. The molecule has 14 heteroatoms. The number of amides is 1. The molecule has 178 valence electrons. The summed E-state index contributed by atoms with van der Waals surface area (Å²) < 4.78 is 66.6. The number of carbonyl (C=O) groups excluding carboxylic acids is 1. The minimum Gasteiger partial charge on any atom is -0.474 e. The van der Waals surface area contributed by atoms with Gasteiger partial charge in [-0.25, -0.2) is 13.6 Å². The summed E-state index contributed by atoms with van der Waals surface area (Å²) in [6.07, 6.45) is -1.30. The summed E-state index contributed by atoms with van der Waals surface area (Å²) in [6, 6.07) is 2.14. The molecule has 32 heavy (non-hydrogen) atoms. The molecule has 0 spiro atoms. The number of hydrogen-bond acceptors (Lipinski definition) is 7. The third-order valence-corrected chi connectivity index (χ3v) is 7.44. The molecule has 2 heterocycles. The minimum atomic E-state index is -3.59. The van der Waals surface area contributed by atoms with Crippen LogP contribution >= 0.6 is 12.2 Å². The first-order valence-electron chi connectivity index (χ1n) is 9.76. The zero-order valence-corrected chi connectivity index (χ0v) is 19.5. The number of cyclic esters (lactones) is 1. The largest absolute Gasteiger partial charge is 0.474 e. The average Bonchev–Trinajstić information content (AvgIpc) is 3.12. The fourth-order valence-electron chi connectivity index (χ4n) is 3.49. The lowest BCUT2D eigenvalue weighted by Gasteiger charge is -2.36. The van der Waals surface area contributed by atoms with E-state index in [9.17, 15) is 22.0 Å². The van der Waals surface area contributed by atoms with E-state index in [2.05, 4.69) is 5.32 Å². The van der Waals surface area contributed by atoms with E-state index in [1.54, 1.807) is 0 Å². The van der Waals surface area contributed by atoms with Crippen LogP contribution in [0.1, 0.15) is 0 Å². The first kappa shape index (κ1) is 24.4. The first-order valence-corrected chi connectivity index (χ1v) is 11.6. The smallest absolute Gasteiger partial charge is 0.414 e. The highest BCUT2D eigenvalue weighted by molar-refractivity contribution is 7.86. The third kappa shape index (κ3) is 5.03. The SMILES string of the molecule is COC(=S)NCC1CN(c2cc(F)c(N3CCN(S(=O)(=O)N(C)C)CC3)c(F)c2)C(=O)O1. The number of rotatable bonds is 6. The summed E-state index contributed by atoms with van der Waals surface area (Å²) in [4.78, 5) is 14.8. The van der Waals surface area contributed by atoms with Crippen molar-refractivity contribution in [1.29, 1.82) is 0 Å². The summed E-state index contributed by atoms with van der Waals surface area (Å²) in [5, 5.41) is 2.90. The number of piperazine rings is 1. The molecule has 2 aliphatic rings. The van der Waals surface area contributed by atoms with Crippen LogP contribution in [0.2, 0.25) is 0 Å². The van der Waals surface area contributed by atoms with Crippen LogP contribution in [-0.2, 0) is 19.7 Å². The fourth-order valence-corrected chi connectivity index (χ4v) is 4.66. The Morgan fingerprint density at radius 1 is 1.25 bits per heavy atom. The molecule has 0 aromatic heterocycles. The number of thiocarbonyl (C=S) groups is 1. The zero-order valence-electron chi connectivity index (χ0n) is 17.9. The van der Waals surface area contributed by atoms with Crippen molar-refractivity contribution in [1.82, 2.24) is 13.9 Å². The minimum absolute atomic E-state index is 0.0272. The van der Waals surface area contributed by atoms with Gasteiger partial charge in [0, 0.05) is 52.4 Å². The van der Waals surface area contributed by atoms with Crippen LogP contribution in [0.15, 0.2) is 12.1 Å². The Kier molecular flexibility index (Phi) is 7.37. The van der Waals surface area contributed by atoms with Crippen LogP contribution in [0.5, 0.6) is 0 Å². The molecule has 1 aromatic carbocycles. The predicted octanol–water partition coefficient (Wildman–Crippen LogP) is 0.739. The number of nitrogens with zero attached hydrogens (tertiary/aromatic N) is 4. The van der Waals surface area contributed by atoms with Gasteiger partial charge in [-0.3, -0.25) is 4.90 Å². The monoisotopic (exact) mass is 493 g/mol. The van der Waals surface area contributed by atoms with Gasteiger partial charge in [-0.15, -0.1) is 0 Å². The highest BCUT2D eigenvalue weighted by atomic mass is 32.2. The van der Waals surface area contributed by atoms with Crippen molar-refractivity contribution in [2.24, 2.45) is 0 Å². The van der Waals surface area contributed by atoms with E-state index < -0.39 is 34.0 Å². The van der Waals surface area contributed by atoms with Gasteiger partial charge in [0.1, 0.15) is 11.8 Å². The number of hydrogen-bond donors (Lipinski definition) is 1. The molecule has 0 bridgehead atoms. The number of benzene rings is 1. The maximum Gasteiger partial charge on any atom is 0.414 e. The van der Waals surface area contributed by atoms with Gasteiger partial charge >= 0.3 is 6.09 Å². The van der Waals surface area contributed by atoms with E-state index in [4.69, 9.17) is 21.7 Å². The number of anilines is 2. The lowest BCUT2D eigenvalue weighted by Crippen LogP contribution is -2.52. The van der Waals surface area contributed by atoms with Crippen LogP contribution < -0.4 is 15.1 Å². The summed E-state index contributed by atoms with van der Waals surface area (Å²) in [5.41, 5.74) is -0.230. The normalized spacial score (nSPS) is 19.9. The summed E-state index contributed by atoms with van der Waals surface area (Å²) in [5.74, 6) is -1.70. The van der Waals surface area contributed by atoms with Crippen molar-refractivity contribution in [3.63, 3.8) is 0 Å². The molecule has 3 rings (SSSR count). The first-order chi connectivity index (χ1) is 15.0. The molecule has 0 saturated carbocycles. The fraction of sp³-hybridized carbons (Fsp3) is 0.556. The van der Waals surface area contributed by atoms with E-state index in [0.29, 0.717) is 0 Å². The standard InChI is InChI=1S/C18H25F2N5O5S2/c1-22(2)32(27,28)24-6-4-23(5-7-24)16-14(19)8-12(9-15(16)20)25-11-13(30-18(25)26)10-21-17(31)29-3/h8-9,13H,4-7,10-11H2,1-3H3,(H,21,31). The van der Waals surface area contributed by atoms with Gasteiger partial charge in [0.05, 0.1) is 25.9 Å². The van der Waals surface area contributed by atoms with Gasteiger partial charge in [0.15, 0.2) is 11.6 Å². The number of carbonyl (C=O) groups is 1. The van der Waals surface area contributed by atoms with Crippen molar-refractivity contribution in [2.75, 3.05) is 70.3 Å². The van der Waals surface area contributed by atoms with Gasteiger partial charge in [-0.1, -0.05) is 0 Å². The van der Waals surface area contributed by atoms with Crippen molar-refractivity contribution in [3.8, 4) is 0 Å². The van der Waals surface area contributed by atoms with Gasteiger partial charge < -0.3 is 19.7 Å². The number of methoxy groups -OCH3 is 1. The lowest BCUT2D eigenvalue weighted by atomic mass is 10.2. The second-order valence-electron chi connectivity index (χ2n) is 7.42. The Morgan fingerprint density at radius 3 is 2.38 bits per heavy atom. The Balaban J connectivity index is 1.70. The molecular weight excluding hydrogens is 468 g/mol. The molecular formula is C18H25F2N5O5S2. The Labute approximate surface area is 190 Å². The molecule has 0 radical (unpaired) electrons. The van der Waals surface area contributed by atoms with Crippen molar-refractivity contribution >= 4 is 45.1 Å². The highest BCUT2D eigenvalue weighted by Crippen LogP contribution is 2.31. The van der Waals surface area contributed by atoms with Crippen LogP contribution in [0.25, 0.3) is 0 Å². The Bertz CT molecular complexity index is 963. The highest BCUT2D eigenvalue weighted by Gasteiger charge is 2.35. The molecule has 0 aliphatic carbocycles. The van der Waals surface area contributed by atoms with E-state index in [1.165, 1.54) is 30.4 Å². The predicted molar refractivity (Wildman–Crippen MR) is 118 cm³/mol. The Morgan fingerprint density at radius 2 is 1.84 bits per heavy atom. The maximum atomic E-state index is 14.9. The molecule has 1 aromatic rings. The number of ether oxygens (including phenoxy) is 2. The van der Waals surface area contributed by atoms with Crippen molar-refractivity contribution < 1.29 is 31.5 Å².